The highest BCUT2D eigenvalue weighted by molar-refractivity contribution is 7.80. The second-order valence-corrected chi connectivity index (χ2v) is 4.47. The smallest absolute Gasteiger partial charge is 0.112 e. The second kappa shape index (κ2) is 4.85. The summed E-state index contributed by atoms with van der Waals surface area (Å²) in [6.07, 6.45) is 4.46. The first-order valence-corrected chi connectivity index (χ1v) is 6.04. The maximum absolute atomic E-state index is 6.02. The zero-order valence-electron chi connectivity index (χ0n) is 9.35. The van der Waals surface area contributed by atoms with Crippen LogP contribution >= 0.6 is 23.8 Å². The van der Waals surface area contributed by atoms with Crippen LogP contribution in [-0.4, -0.2) is 14.5 Å². The molecule has 1 aromatic heterocycles. The second-order valence-electron chi connectivity index (χ2n) is 3.59. The first-order chi connectivity index (χ1) is 8.13. The van der Waals surface area contributed by atoms with Gasteiger partial charge in [0, 0.05) is 29.4 Å². The Morgan fingerprint density at radius 2 is 2.29 bits per heavy atom. The number of rotatable bonds is 3. The molecule has 0 bridgehead atoms. The van der Waals surface area contributed by atoms with Gasteiger partial charge in [-0.2, -0.15) is 0 Å². The molecule has 0 atom stereocenters. The number of aryl methyl sites for hydroxylation is 1. The molecule has 2 rings (SSSR count). The summed E-state index contributed by atoms with van der Waals surface area (Å²) in [5.74, 6) is 0.949. The van der Waals surface area contributed by atoms with Gasteiger partial charge in [-0.1, -0.05) is 30.7 Å². The molecular weight excluding hydrogens is 254 g/mol. The number of halogens is 1. The molecule has 5 heteroatoms. The number of nitrogens with two attached hydrogens (primary N) is 1. The number of hydrogen-bond donors (Lipinski definition) is 1. The lowest BCUT2D eigenvalue weighted by Crippen LogP contribution is -2.14. The zero-order valence-corrected chi connectivity index (χ0v) is 10.9. The molecule has 2 aromatic rings. The van der Waals surface area contributed by atoms with Gasteiger partial charge in [0.05, 0.1) is 5.69 Å². The SMILES string of the molecule is CCc1nccn1-c1cc(Cl)ccc1C(N)=S. The molecule has 0 radical (unpaired) electrons. The Balaban J connectivity index is 2.65. The summed E-state index contributed by atoms with van der Waals surface area (Å²) in [5, 5.41) is 0.649. The van der Waals surface area contributed by atoms with E-state index in [0.29, 0.717) is 10.0 Å². The van der Waals surface area contributed by atoms with E-state index in [-0.39, 0.29) is 0 Å². The molecule has 3 nitrogen and oxygen atoms in total. The van der Waals surface area contributed by atoms with Crippen LogP contribution in [0, 0.1) is 0 Å². The van der Waals surface area contributed by atoms with Crippen LogP contribution in [0.4, 0.5) is 0 Å². The van der Waals surface area contributed by atoms with Crippen molar-refractivity contribution in [3.05, 3.63) is 47.0 Å². The van der Waals surface area contributed by atoms with Gasteiger partial charge in [0.2, 0.25) is 0 Å². The molecule has 2 N–H and O–H groups in total. The van der Waals surface area contributed by atoms with Crippen molar-refractivity contribution in [2.45, 2.75) is 13.3 Å². The number of aromatic nitrogens is 2. The Bertz CT molecular complexity index is 563. The van der Waals surface area contributed by atoms with Crippen LogP contribution in [-0.2, 0) is 6.42 Å². The fraction of sp³-hybridized carbons (Fsp3) is 0.167. The summed E-state index contributed by atoms with van der Waals surface area (Å²) in [6.45, 7) is 2.05. The number of hydrogen-bond acceptors (Lipinski definition) is 2. The molecule has 0 unspecified atom stereocenters. The van der Waals surface area contributed by atoms with Crippen molar-refractivity contribution in [1.82, 2.24) is 9.55 Å². The summed E-state index contributed by atoms with van der Waals surface area (Å²) in [4.78, 5) is 4.63. The van der Waals surface area contributed by atoms with E-state index in [1.54, 1.807) is 12.3 Å². The average Bonchev–Trinajstić information content (AvgIpc) is 2.76. The summed E-state index contributed by atoms with van der Waals surface area (Å²) in [7, 11) is 0. The largest absolute Gasteiger partial charge is 0.389 e. The van der Waals surface area contributed by atoms with Crippen LogP contribution in [0.2, 0.25) is 5.02 Å². The van der Waals surface area contributed by atoms with Crippen molar-refractivity contribution < 1.29 is 0 Å². The molecule has 1 aromatic carbocycles. The third-order valence-corrected chi connectivity index (χ3v) is 2.97. The summed E-state index contributed by atoms with van der Waals surface area (Å²) >= 11 is 11.1. The van der Waals surface area contributed by atoms with Crippen molar-refractivity contribution in [1.29, 1.82) is 0 Å². The fourth-order valence-corrected chi connectivity index (χ4v) is 2.07. The predicted octanol–water partition coefficient (Wildman–Crippen LogP) is 2.72. The lowest BCUT2D eigenvalue weighted by atomic mass is 10.1. The van der Waals surface area contributed by atoms with Gasteiger partial charge in [-0.3, -0.25) is 0 Å². The molecule has 0 saturated carbocycles. The minimum atomic E-state index is 0.354. The highest BCUT2D eigenvalue weighted by atomic mass is 35.5. The third kappa shape index (κ3) is 2.33. The molecule has 0 amide bonds. The lowest BCUT2D eigenvalue weighted by molar-refractivity contribution is 0.890. The normalized spacial score (nSPS) is 10.5. The van der Waals surface area contributed by atoms with Crippen LogP contribution in [0.5, 0.6) is 0 Å². The highest BCUT2D eigenvalue weighted by Crippen LogP contribution is 2.21. The Kier molecular flexibility index (Phi) is 3.45. The maximum Gasteiger partial charge on any atom is 0.112 e. The predicted molar refractivity (Wildman–Crippen MR) is 73.8 cm³/mol. The van der Waals surface area contributed by atoms with E-state index in [0.717, 1.165) is 23.5 Å². The van der Waals surface area contributed by atoms with Gasteiger partial charge in [0.1, 0.15) is 10.8 Å². The van der Waals surface area contributed by atoms with Gasteiger partial charge in [0.25, 0.3) is 0 Å². The van der Waals surface area contributed by atoms with Gasteiger partial charge in [-0.05, 0) is 18.2 Å². The van der Waals surface area contributed by atoms with Crippen LogP contribution < -0.4 is 5.73 Å². The minimum absolute atomic E-state index is 0.354. The number of nitrogens with zero attached hydrogens (tertiary/aromatic N) is 2. The van der Waals surface area contributed by atoms with E-state index in [4.69, 9.17) is 29.6 Å². The standard InChI is InChI=1S/C12H12ClN3S/c1-2-11-15-5-6-16(11)10-7-8(13)3-4-9(10)12(14)17/h3-7H,2H2,1H3,(H2,14,17). The van der Waals surface area contributed by atoms with E-state index in [1.807, 2.05) is 29.8 Å². The molecule has 0 aliphatic carbocycles. The molecule has 0 aliphatic heterocycles. The lowest BCUT2D eigenvalue weighted by Gasteiger charge is -2.12. The molecule has 17 heavy (non-hydrogen) atoms. The van der Waals surface area contributed by atoms with E-state index >= 15 is 0 Å². The van der Waals surface area contributed by atoms with E-state index in [1.165, 1.54) is 0 Å². The van der Waals surface area contributed by atoms with Crippen molar-refractivity contribution in [2.24, 2.45) is 5.73 Å². The molecule has 0 fully saturated rings. The third-order valence-electron chi connectivity index (χ3n) is 2.52. The first kappa shape index (κ1) is 12.1. The Morgan fingerprint density at radius 1 is 1.53 bits per heavy atom. The van der Waals surface area contributed by atoms with E-state index in [2.05, 4.69) is 4.98 Å². The quantitative estimate of drug-likeness (QED) is 0.868. The Hall–Kier alpha value is -1.39. The first-order valence-electron chi connectivity index (χ1n) is 5.25. The Labute approximate surface area is 110 Å². The molecular formula is C12H12ClN3S. The molecule has 88 valence electrons. The van der Waals surface area contributed by atoms with Crippen molar-refractivity contribution >= 4 is 28.8 Å². The van der Waals surface area contributed by atoms with Crippen molar-refractivity contribution in [3.63, 3.8) is 0 Å². The van der Waals surface area contributed by atoms with Gasteiger partial charge in [-0.15, -0.1) is 0 Å². The van der Waals surface area contributed by atoms with E-state index < -0.39 is 0 Å². The van der Waals surface area contributed by atoms with Crippen LogP contribution in [0.3, 0.4) is 0 Å². The molecule has 0 spiro atoms. The van der Waals surface area contributed by atoms with Crippen molar-refractivity contribution in [3.8, 4) is 5.69 Å². The van der Waals surface area contributed by atoms with Gasteiger partial charge in [0.15, 0.2) is 0 Å². The van der Waals surface area contributed by atoms with Crippen LogP contribution in [0.25, 0.3) is 5.69 Å². The minimum Gasteiger partial charge on any atom is -0.389 e. The summed E-state index contributed by atoms with van der Waals surface area (Å²) < 4.78 is 1.96. The summed E-state index contributed by atoms with van der Waals surface area (Å²) in [5.41, 5.74) is 7.39. The number of benzene rings is 1. The Morgan fingerprint density at radius 3 is 2.94 bits per heavy atom. The van der Waals surface area contributed by atoms with Crippen molar-refractivity contribution in [2.75, 3.05) is 0 Å². The topological polar surface area (TPSA) is 43.8 Å². The average molecular weight is 266 g/mol. The number of imidazole rings is 1. The highest BCUT2D eigenvalue weighted by Gasteiger charge is 2.10. The van der Waals surface area contributed by atoms with Crippen LogP contribution in [0.15, 0.2) is 30.6 Å². The van der Waals surface area contributed by atoms with Gasteiger partial charge < -0.3 is 10.3 Å². The zero-order chi connectivity index (χ0) is 12.4. The molecule has 0 saturated heterocycles. The number of thiocarbonyl (C=S) groups is 1. The fourth-order valence-electron chi connectivity index (χ4n) is 1.73. The van der Waals surface area contributed by atoms with E-state index in [9.17, 15) is 0 Å². The summed E-state index contributed by atoms with van der Waals surface area (Å²) in [6, 6.07) is 5.46. The monoisotopic (exact) mass is 265 g/mol. The van der Waals surface area contributed by atoms with Crippen LogP contribution in [0.1, 0.15) is 18.3 Å². The molecule has 1 heterocycles. The molecule has 0 aliphatic rings. The van der Waals surface area contributed by atoms with Gasteiger partial charge >= 0.3 is 0 Å². The maximum atomic E-state index is 6.02. The van der Waals surface area contributed by atoms with Gasteiger partial charge in [-0.25, -0.2) is 4.98 Å².